The maximum atomic E-state index is 13.2. The zero-order chi connectivity index (χ0) is 18.3. The van der Waals surface area contributed by atoms with Crippen LogP contribution in [0.2, 0.25) is 0 Å². The fourth-order valence-electron chi connectivity index (χ4n) is 3.32. The zero-order valence-corrected chi connectivity index (χ0v) is 15.3. The lowest BCUT2D eigenvalue weighted by Gasteiger charge is -2.16. The topological polar surface area (TPSA) is 83.1 Å². The third-order valence-corrected chi connectivity index (χ3v) is 5.98. The van der Waals surface area contributed by atoms with Gasteiger partial charge in [-0.05, 0) is 18.2 Å². The van der Waals surface area contributed by atoms with Gasteiger partial charge < -0.3 is 18.9 Å². The third-order valence-electron chi connectivity index (χ3n) is 4.52. The van der Waals surface area contributed by atoms with Crippen LogP contribution in [0.5, 0.6) is 23.0 Å². The van der Waals surface area contributed by atoms with Gasteiger partial charge in [0.15, 0.2) is 0 Å². The lowest BCUT2D eigenvalue weighted by atomic mass is 10.1. The van der Waals surface area contributed by atoms with Crippen LogP contribution in [-0.2, 0) is 22.9 Å². The molecule has 0 aromatic heterocycles. The van der Waals surface area contributed by atoms with Crippen LogP contribution in [0.15, 0.2) is 29.2 Å². The lowest BCUT2D eigenvalue weighted by molar-refractivity contribution is 0.348. The first-order valence-corrected chi connectivity index (χ1v) is 9.71. The second-order valence-corrected chi connectivity index (χ2v) is 7.66. The van der Waals surface area contributed by atoms with Crippen LogP contribution in [0.25, 0.3) is 0 Å². The molecule has 8 heteroatoms. The summed E-state index contributed by atoms with van der Waals surface area (Å²) in [6.45, 7) is 0.923. The van der Waals surface area contributed by atoms with Crippen molar-refractivity contribution < 1.29 is 27.4 Å². The Kier molecular flexibility index (Phi) is 4.07. The first kappa shape index (κ1) is 16.8. The van der Waals surface area contributed by atoms with Gasteiger partial charge in [-0.25, -0.2) is 8.42 Å². The summed E-state index contributed by atoms with van der Waals surface area (Å²) in [6, 6.07) is 6.81. The Morgan fingerprint density at radius 3 is 2.62 bits per heavy atom. The highest BCUT2D eigenvalue weighted by molar-refractivity contribution is 7.93. The largest absolute Gasteiger partial charge is 0.497 e. The summed E-state index contributed by atoms with van der Waals surface area (Å²) in [5.74, 6) is 1.96. The highest BCUT2D eigenvalue weighted by Crippen LogP contribution is 2.44. The van der Waals surface area contributed by atoms with Gasteiger partial charge in [0, 0.05) is 30.0 Å². The maximum absolute atomic E-state index is 13.2. The molecular formula is C18H19NO6S. The molecule has 4 rings (SSSR count). The van der Waals surface area contributed by atoms with Crippen molar-refractivity contribution in [3.63, 3.8) is 0 Å². The molecule has 0 unspecified atom stereocenters. The van der Waals surface area contributed by atoms with E-state index < -0.39 is 10.0 Å². The molecule has 2 aliphatic heterocycles. The summed E-state index contributed by atoms with van der Waals surface area (Å²) in [5.41, 5.74) is 1.80. The van der Waals surface area contributed by atoms with Gasteiger partial charge in [-0.15, -0.1) is 0 Å². The molecule has 26 heavy (non-hydrogen) atoms. The van der Waals surface area contributed by atoms with Crippen molar-refractivity contribution in [3.8, 4) is 23.0 Å². The molecule has 2 heterocycles. The van der Waals surface area contributed by atoms with Gasteiger partial charge in [0.2, 0.25) is 0 Å². The van der Waals surface area contributed by atoms with E-state index in [1.165, 1.54) is 14.2 Å². The Hall–Kier alpha value is -2.61. The van der Waals surface area contributed by atoms with Crippen molar-refractivity contribution in [2.75, 3.05) is 32.2 Å². The van der Waals surface area contributed by atoms with E-state index in [0.717, 1.165) is 5.56 Å². The van der Waals surface area contributed by atoms with E-state index in [1.54, 1.807) is 18.2 Å². The first-order valence-electron chi connectivity index (χ1n) is 8.22. The molecule has 2 aromatic carbocycles. The van der Waals surface area contributed by atoms with Gasteiger partial charge in [-0.2, -0.15) is 0 Å². The van der Waals surface area contributed by atoms with Crippen LogP contribution in [0.3, 0.4) is 0 Å². The minimum absolute atomic E-state index is 0.157. The van der Waals surface area contributed by atoms with Crippen LogP contribution >= 0.6 is 0 Å². The summed E-state index contributed by atoms with van der Waals surface area (Å²) in [6.07, 6.45) is 1.19. The number of nitrogens with one attached hydrogen (secondary N) is 1. The number of ether oxygens (including phenoxy) is 4. The zero-order valence-electron chi connectivity index (χ0n) is 14.5. The smallest absolute Gasteiger partial charge is 0.266 e. The Labute approximate surface area is 151 Å². The van der Waals surface area contributed by atoms with Gasteiger partial charge in [0.05, 0.1) is 33.1 Å². The van der Waals surface area contributed by atoms with Crippen LogP contribution in [0, 0.1) is 0 Å². The number of fused-ring (bicyclic) bond motifs is 2. The van der Waals surface area contributed by atoms with E-state index in [4.69, 9.17) is 18.9 Å². The van der Waals surface area contributed by atoms with Gasteiger partial charge in [0.25, 0.3) is 10.0 Å². The summed E-state index contributed by atoms with van der Waals surface area (Å²) in [4.78, 5) is 0.157. The number of methoxy groups -OCH3 is 2. The van der Waals surface area contributed by atoms with E-state index in [0.29, 0.717) is 60.3 Å². The van der Waals surface area contributed by atoms with Crippen LogP contribution in [-0.4, -0.2) is 35.9 Å². The molecule has 7 nitrogen and oxygen atoms in total. The predicted molar refractivity (Wildman–Crippen MR) is 95.2 cm³/mol. The molecule has 0 amide bonds. The lowest BCUT2D eigenvalue weighted by Crippen LogP contribution is -2.16. The summed E-state index contributed by atoms with van der Waals surface area (Å²) < 4.78 is 50.8. The number of benzene rings is 2. The highest BCUT2D eigenvalue weighted by Gasteiger charge is 2.34. The molecule has 0 fully saturated rings. The molecule has 0 saturated carbocycles. The predicted octanol–water partition coefficient (Wildman–Crippen LogP) is 2.37. The van der Waals surface area contributed by atoms with Gasteiger partial charge in [-0.3, -0.25) is 4.72 Å². The van der Waals surface area contributed by atoms with Crippen molar-refractivity contribution >= 4 is 15.7 Å². The molecule has 0 spiro atoms. The minimum atomic E-state index is -3.91. The monoisotopic (exact) mass is 377 g/mol. The first-order chi connectivity index (χ1) is 12.5. The molecule has 0 bridgehead atoms. The molecule has 1 N–H and O–H groups in total. The van der Waals surface area contributed by atoms with Crippen LogP contribution in [0.1, 0.15) is 11.1 Å². The molecule has 0 saturated heterocycles. The number of sulfonamides is 1. The average Bonchev–Trinajstić information content (AvgIpc) is 3.27. The quantitative estimate of drug-likeness (QED) is 0.861. The summed E-state index contributed by atoms with van der Waals surface area (Å²) in [7, 11) is -0.915. The van der Waals surface area contributed by atoms with Gasteiger partial charge in [0.1, 0.15) is 27.9 Å². The molecule has 2 aliphatic rings. The summed E-state index contributed by atoms with van der Waals surface area (Å²) in [5, 5.41) is 0. The number of hydrogen-bond donors (Lipinski definition) is 1. The molecule has 0 aliphatic carbocycles. The van der Waals surface area contributed by atoms with Gasteiger partial charge in [-0.1, -0.05) is 0 Å². The van der Waals surface area contributed by atoms with E-state index >= 15 is 0 Å². The SMILES string of the molecule is COc1ccc(OC)c(NS(=O)(=O)c2c3c(cc4c2OCC4)OCC3)c1. The Bertz CT molecular complexity index is 938. The van der Waals surface area contributed by atoms with Crippen LogP contribution in [0.4, 0.5) is 5.69 Å². The number of hydrogen-bond acceptors (Lipinski definition) is 6. The fraction of sp³-hybridized carbons (Fsp3) is 0.333. The van der Waals surface area contributed by atoms with Crippen molar-refractivity contribution in [1.82, 2.24) is 0 Å². The highest BCUT2D eigenvalue weighted by atomic mass is 32.2. The second-order valence-electron chi connectivity index (χ2n) is 6.04. The third kappa shape index (κ3) is 2.70. The molecular weight excluding hydrogens is 358 g/mol. The van der Waals surface area contributed by atoms with Crippen molar-refractivity contribution in [3.05, 3.63) is 35.4 Å². The summed E-state index contributed by atoms with van der Waals surface area (Å²) >= 11 is 0. The van der Waals surface area contributed by atoms with E-state index in [9.17, 15) is 8.42 Å². The standard InChI is InChI=1S/C18H19NO6S/c1-22-12-3-4-15(23-2)14(10-12)19-26(20,21)18-13-6-8-24-16(13)9-11-5-7-25-17(11)18/h3-4,9-10,19H,5-8H2,1-2H3. The van der Waals surface area contributed by atoms with E-state index in [-0.39, 0.29) is 4.90 Å². The Morgan fingerprint density at radius 2 is 1.85 bits per heavy atom. The second kappa shape index (κ2) is 6.28. The minimum Gasteiger partial charge on any atom is -0.497 e. The van der Waals surface area contributed by atoms with E-state index in [2.05, 4.69) is 4.72 Å². The number of anilines is 1. The van der Waals surface area contributed by atoms with Gasteiger partial charge >= 0.3 is 0 Å². The normalized spacial score (nSPS) is 14.8. The fourth-order valence-corrected chi connectivity index (χ4v) is 4.83. The van der Waals surface area contributed by atoms with E-state index in [1.807, 2.05) is 6.07 Å². The molecule has 0 radical (unpaired) electrons. The maximum Gasteiger partial charge on any atom is 0.266 e. The van der Waals surface area contributed by atoms with Crippen molar-refractivity contribution in [1.29, 1.82) is 0 Å². The number of rotatable bonds is 5. The molecule has 2 aromatic rings. The molecule has 0 atom stereocenters. The van der Waals surface area contributed by atoms with Crippen molar-refractivity contribution in [2.24, 2.45) is 0 Å². The molecule has 138 valence electrons. The van der Waals surface area contributed by atoms with Crippen molar-refractivity contribution in [2.45, 2.75) is 17.7 Å². The van der Waals surface area contributed by atoms with Crippen LogP contribution < -0.4 is 23.7 Å². The Balaban J connectivity index is 1.82. The Morgan fingerprint density at radius 1 is 1.04 bits per heavy atom. The average molecular weight is 377 g/mol.